The van der Waals surface area contributed by atoms with Gasteiger partial charge in [0.2, 0.25) is 24.1 Å². The molecule has 3 aromatic rings. The van der Waals surface area contributed by atoms with Crippen LogP contribution in [0.3, 0.4) is 0 Å². The van der Waals surface area contributed by atoms with Crippen molar-refractivity contribution in [3.8, 4) is 22.9 Å². The smallest absolute Gasteiger partial charge is 0.249 e. The highest BCUT2D eigenvalue weighted by Gasteiger charge is 2.20. The van der Waals surface area contributed by atoms with Crippen LogP contribution in [0.5, 0.6) is 0 Å². The lowest BCUT2D eigenvalue weighted by atomic mass is 10.0. The van der Waals surface area contributed by atoms with Crippen LogP contribution in [-0.2, 0) is 9.59 Å². The number of amides is 2. The number of rotatable bonds is 12. The zero-order chi connectivity index (χ0) is 22.8. The molecule has 0 aliphatic carbocycles. The van der Waals surface area contributed by atoms with Gasteiger partial charge in [-0.1, -0.05) is 44.4 Å². The van der Waals surface area contributed by atoms with Gasteiger partial charge in [0.15, 0.2) is 0 Å². The second kappa shape index (κ2) is 11.6. The third-order valence-electron chi connectivity index (χ3n) is 4.83. The monoisotopic (exact) mass is 438 g/mol. The van der Waals surface area contributed by atoms with E-state index in [4.69, 9.17) is 4.42 Å². The van der Waals surface area contributed by atoms with Gasteiger partial charge in [-0.3, -0.25) is 25.6 Å². The molecule has 0 aliphatic rings. The van der Waals surface area contributed by atoms with E-state index < -0.39 is 5.92 Å². The molecule has 2 amide bonds. The molecule has 1 aromatic carbocycles. The lowest BCUT2D eigenvalue weighted by Crippen LogP contribution is -2.40. The Hall–Kier alpha value is -3.79. The highest BCUT2D eigenvalue weighted by atomic mass is 16.5. The van der Waals surface area contributed by atoms with Crippen molar-refractivity contribution in [1.29, 1.82) is 0 Å². The van der Waals surface area contributed by atoms with E-state index in [0.717, 1.165) is 24.8 Å². The van der Waals surface area contributed by atoms with E-state index in [2.05, 4.69) is 33.0 Å². The number of carbonyl (C=O) groups excluding carboxylic acids is 2. The van der Waals surface area contributed by atoms with Gasteiger partial charge in [0.25, 0.3) is 0 Å². The van der Waals surface area contributed by atoms with Gasteiger partial charge in [-0.05, 0) is 30.7 Å². The van der Waals surface area contributed by atoms with Gasteiger partial charge in [0.1, 0.15) is 5.82 Å². The summed E-state index contributed by atoms with van der Waals surface area (Å²) in [7, 11) is 0. The number of hydrogen-bond acceptors (Lipinski definition) is 8. The van der Waals surface area contributed by atoms with Crippen molar-refractivity contribution in [2.45, 2.75) is 32.6 Å². The van der Waals surface area contributed by atoms with Crippen LogP contribution in [0.4, 0.5) is 5.82 Å². The summed E-state index contributed by atoms with van der Waals surface area (Å²) in [5.74, 6) is 0.279. The number of anilines is 1. The molecule has 0 bridgehead atoms. The summed E-state index contributed by atoms with van der Waals surface area (Å²) in [6, 6.07) is 12.9. The Morgan fingerprint density at radius 3 is 2.53 bits per heavy atom. The molecule has 3 rings (SSSR count). The number of carbonyl (C=O) groups is 2. The van der Waals surface area contributed by atoms with Crippen LogP contribution < -0.4 is 10.9 Å². The quantitative estimate of drug-likeness (QED) is 0.170. The first-order valence-electron chi connectivity index (χ1n) is 10.4. The summed E-state index contributed by atoms with van der Waals surface area (Å²) < 4.78 is 5.71. The van der Waals surface area contributed by atoms with E-state index in [1.165, 1.54) is 0 Å². The van der Waals surface area contributed by atoms with E-state index >= 15 is 0 Å². The molecule has 3 N–H and O–H groups in total. The molecule has 2 heterocycles. The van der Waals surface area contributed by atoms with Crippen LogP contribution in [0, 0.1) is 5.92 Å². The van der Waals surface area contributed by atoms with Crippen LogP contribution in [-0.4, -0.2) is 44.3 Å². The predicted octanol–water partition coefficient (Wildman–Crippen LogP) is 3.29. The Labute approximate surface area is 185 Å². The number of hydroxylamine groups is 2. The van der Waals surface area contributed by atoms with E-state index in [1.807, 2.05) is 30.3 Å². The van der Waals surface area contributed by atoms with Crippen molar-refractivity contribution in [3.05, 3.63) is 48.7 Å². The van der Waals surface area contributed by atoms with E-state index in [1.54, 1.807) is 18.3 Å². The molecule has 10 heteroatoms. The second-order valence-electron chi connectivity index (χ2n) is 7.24. The summed E-state index contributed by atoms with van der Waals surface area (Å²) in [6.07, 6.45) is 5.19. The number of nitrogens with one attached hydrogen (secondary N) is 2. The Kier molecular flexibility index (Phi) is 8.27. The molecule has 0 aliphatic heterocycles. The highest BCUT2D eigenvalue weighted by molar-refractivity contribution is 5.80. The van der Waals surface area contributed by atoms with E-state index in [-0.39, 0.29) is 18.9 Å². The first-order chi connectivity index (χ1) is 15.6. The molecule has 0 radical (unpaired) electrons. The zero-order valence-electron chi connectivity index (χ0n) is 17.8. The maximum Gasteiger partial charge on any atom is 0.249 e. The molecular weight excluding hydrogens is 412 g/mol. The third kappa shape index (κ3) is 6.35. The van der Waals surface area contributed by atoms with Gasteiger partial charge in [-0.15, -0.1) is 10.2 Å². The summed E-state index contributed by atoms with van der Waals surface area (Å²) in [5, 5.41) is 18.1. The topological polar surface area (TPSA) is 133 Å². The lowest BCUT2D eigenvalue weighted by molar-refractivity contribution is -0.154. The average molecular weight is 438 g/mol. The average Bonchev–Trinajstić information content (AvgIpc) is 3.33. The van der Waals surface area contributed by atoms with E-state index in [9.17, 15) is 14.8 Å². The number of hydrogen-bond donors (Lipinski definition) is 3. The standard InChI is InChI=1S/C22H26N6O4/c1-2-3-5-10-18(14-28(31)15-29)20(30)25-24-19-12-11-17(13-23-19)22-27-26-21(32-22)16-8-6-4-7-9-16/h4,6-9,11-13,15,18,31H,2-3,5,10,14H2,1H3,(H,23,24)(H,25,30)/t18-/m0/s1. The Bertz CT molecular complexity index is 993. The molecule has 0 fully saturated rings. The Balaban J connectivity index is 1.58. The molecule has 32 heavy (non-hydrogen) atoms. The third-order valence-corrected chi connectivity index (χ3v) is 4.83. The fourth-order valence-corrected chi connectivity index (χ4v) is 3.07. The van der Waals surface area contributed by atoms with Crippen LogP contribution in [0.25, 0.3) is 22.9 Å². The summed E-state index contributed by atoms with van der Waals surface area (Å²) in [6.45, 7) is 1.99. The molecule has 0 spiro atoms. The molecular formula is C22H26N6O4. The maximum absolute atomic E-state index is 12.5. The lowest BCUT2D eigenvalue weighted by Gasteiger charge is -2.19. The van der Waals surface area contributed by atoms with Gasteiger partial charge >= 0.3 is 0 Å². The number of hydrazine groups is 1. The maximum atomic E-state index is 12.5. The highest BCUT2D eigenvalue weighted by Crippen LogP contribution is 2.23. The fraction of sp³-hybridized carbons (Fsp3) is 0.318. The normalized spacial score (nSPS) is 11.6. The van der Waals surface area contributed by atoms with Gasteiger partial charge in [-0.2, -0.15) is 0 Å². The van der Waals surface area contributed by atoms with Crippen LogP contribution in [0.1, 0.15) is 32.6 Å². The van der Waals surface area contributed by atoms with Gasteiger partial charge in [0, 0.05) is 11.8 Å². The van der Waals surface area contributed by atoms with Crippen molar-refractivity contribution in [3.63, 3.8) is 0 Å². The Morgan fingerprint density at radius 2 is 1.88 bits per heavy atom. The van der Waals surface area contributed by atoms with Crippen molar-refractivity contribution in [2.24, 2.45) is 5.92 Å². The van der Waals surface area contributed by atoms with Crippen LogP contribution in [0.15, 0.2) is 53.1 Å². The van der Waals surface area contributed by atoms with Crippen molar-refractivity contribution < 1.29 is 19.2 Å². The number of pyridine rings is 1. The van der Waals surface area contributed by atoms with Crippen molar-refractivity contribution in [2.75, 3.05) is 12.0 Å². The van der Waals surface area contributed by atoms with Gasteiger partial charge in [-0.25, -0.2) is 10.0 Å². The first kappa shape index (κ1) is 22.9. The van der Waals surface area contributed by atoms with Crippen molar-refractivity contribution >= 4 is 18.1 Å². The molecule has 2 aromatic heterocycles. The summed E-state index contributed by atoms with van der Waals surface area (Å²) in [4.78, 5) is 27.5. The van der Waals surface area contributed by atoms with Crippen LogP contribution >= 0.6 is 0 Å². The summed E-state index contributed by atoms with van der Waals surface area (Å²) >= 11 is 0. The summed E-state index contributed by atoms with van der Waals surface area (Å²) in [5.41, 5.74) is 6.79. The predicted molar refractivity (Wildman–Crippen MR) is 117 cm³/mol. The molecule has 0 saturated heterocycles. The molecule has 0 saturated carbocycles. The number of aromatic nitrogens is 3. The molecule has 168 valence electrons. The number of unbranched alkanes of at least 4 members (excludes halogenated alkanes) is 2. The number of benzene rings is 1. The van der Waals surface area contributed by atoms with Gasteiger partial charge in [0.05, 0.1) is 18.0 Å². The van der Waals surface area contributed by atoms with Crippen LogP contribution in [0.2, 0.25) is 0 Å². The number of nitrogens with zero attached hydrogens (tertiary/aromatic N) is 4. The van der Waals surface area contributed by atoms with E-state index in [0.29, 0.717) is 34.6 Å². The molecule has 0 unspecified atom stereocenters. The first-order valence-corrected chi connectivity index (χ1v) is 10.4. The molecule has 10 nitrogen and oxygen atoms in total. The van der Waals surface area contributed by atoms with Gasteiger partial charge < -0.3 is 4.42 Å². The largest absolute Gasteiger partial charge is 0.416 e. The Morgan fingerprint density at radius 1 is 1.12 bits per heavy atom. The minimum atomic E-state index is -0.543. The molecule has 1 atom stereocenters. The fourth-order valence-electron chi connectivity index (χ4n) is 3.07. The minimum Gasteiger partial charge on any atom is -0.416 e. The SMILES string of the molecule is CCCCC[C@@H](CN(O)C=O)C(=O)NNc1ccc(-c2nnc(-c3ccccc3)o2)cn1. The minimum absolute atomic E-state index is 0.0754. The van der Waals surface area contributed by atoms with Crippen molar-refractivity contribution in [1.82, 2.24) is 25.7 Å². The second-order valence-corrected chi connectivity index (χ2v) is 7.24. The zero-order valence-corrected chi connectivity index (χ0v) is 17.8.